The minimum Gasteiger partial charge on any atom is -0.485 e. The minimum atomic E-state index is -0.758. The van der Waals surface area contributed by atoms with Gasteiger partial charge in [-0.1, -0.05) is 35.3 Å². The van der Waals surface area contributed by atoms with E-state index in [2.05, 4.69) is 19.7 Å². The number of carbonyl (C=O) groups excluding carboxylic acids is 1. The molecule has 0 amide bonds. The number of benzene rings is 2. The monoisotopic (exact) mass is 484 g/mol. The van der Waals surface area contributed by atoms with Crippen LogP contribution >= 0.6 is 23.2 Å². The lowest BCUT2D eigenvalue weighted by atomic mass is 10.0. The molecule has 3 heterocycles. The van der Waals surface area contributed by atoms with Gasteiger partial charge in [-0.3, -0.25) is 9.89 Å². The van der Waals surface area contributed by atoms with Gasteiger partial charge in [0.1, 0.15) is 11.8 Å². The summed E-state index contributed by atoms with van der Waals surface area (Å²) in [7, 11) is 4.04. The maximum atomic E-state index is 13.5. The van der Waals surface area contributed by atoms with Gasteiger partial charge in [0.25, 0.3) is 0 Å². The van der Waals surface area contributed by atoms with Crippen LogP contribution in [-0.2, 0) is 6.54 Å². The Balaban J connectivity index is 1.53. The van der Waals surface area contributed by atoms with E-state index in [1.807, 2.05) is 38.5 Å². The molecular weight excluding hydrogens is 463 g/mol. The molecule has 1 atom stereocenters. The van der Waals surface area contributed by atoms with Gasteiger partial charge in [-0.15, -0.1) is 0 Å². The van der Waals surface area contributed by atoms with Crippen LogP contribution in [0.15, 0.2) is 48.8 Å². The second-order valence-electron chi connectivity index (χ2n) is 8.24. The highest BCUT2D eigenvalue weighted by Crippen LogP contribution is 2.36. The summed E-state index contributed by atoms with van der Waals surface area (Å²) in [5.74, 6) is 0.919. The summed E-state index contributed by atoms with van der Waals surface area (Å²) in [5, 5.41) is 8.62. The van der Waals surface area contributed by atoms with Crippen molar-refractivity contribution in [2.24, 2.45) is 0 Å². The number of H-pyrrole nitrogens is 1. The fourth-order valence-electron chi connectivity index (χ4n) is 3.97. The first-order valence-electron chi connectivity index (χ1n) is 10.5. The van der Waals surface area contributed by atoms with Crippen LogP contribution in [0.5, 0.6) is 11.5 Å². The molecule has 2 aromatic heterocycles. The zero-order chi connectivity index (χ0) is 23.1. The lowest BCUT2D eigenvalue weighted by Gasteiger charge is -2.25. The largest absolute Gasteiger partial charge is 0.485 e. The van der Waals surface area contributed by atoms with Crippen molar-refractivity contribution in [1.82, 2.24) is 19.7 Å². The number of ketones is 1. The Morgan fingerprint density at radius 3 is 2.82 bits per heavy atom. The van der Waals surface area contributed by atoms with Crippen molar-refractivity contribution < 1.29 is 14.3 Å². The van der Waals surface area contributed by atoms with Gasteiger partial charge in [-0.05, 0) is 37.9 Å². The van der Waals surface area contributed by atoms with Crippen molar-refractivity contribution in [1.29, 1.82) is 0 Å². The number of aromatic nitrogens is 3. The summed E-state index contributed by atoms with van der Waals surface area (Å²) in [6, 6.07) is 11.1. The van der Waals surface area contributed by atoms with Gasteiger partial charge in [-0.25, -0.2) is 0 Å². The molecule has 0 aliphatic carbocycles. The van der Waals surface area contributed by atoms with Crippen LogP contribution in [0, 0.1) is 0 Å². The zero-order valence-electron chi connectivity index (χ0n) is 18.1. The maximum Gasteiger partial charge on any atom is 0.209 e. The molecule has 33 heavy (non-hydrogen) atoms. The average Bonchev–Trinajstić information content (AvgIpc) is 3.39. The molecule has 2 aromatic carbocycles. The molecule has 0 saturated heterocycles. The molecule has 4 aromatic rings. The molecule has 1 unspecified atom stereocenters. The quantitative estimate of drug-likeness (QED) is 0.393. The van der Waals surface area contributed by atoms with E-state index in [0.29, 0.717) is 27.2 Å². The number of rotatable bonds is 6. The van der Waals surface area contributed by atoms with E-state index in [1.54, 1.807) is 24.4 Å². The molecule has 1 aliphatic rings. The van der Waals surface area contributed by atoms with E-state index in [9.17, 15) is 4.79 Å². The fourth-order valence-corrected chi connectivity index (χ4v) is 4.34. The fraction of sp³-hybridized carbons (Fsp3) is 0.250. The second-order valence-corrected chi connectivity index (χ2v) is 9.06. The van der Waals surface area contributed by atoms with E-state index in [-0.39, 0.29) is 12.4 Å². The predicted octanol–water partition coefficient (Wildman–Crippen LogP) is 4.92. The Hall–Kier alpha value is -3.00. The molecule has 0 bridgehead atoms. The van der Waals surface area contributed by atoms with Crippen LogP contribution in [0.25, 0.3) is 22.0 Å². The van der Waals surface area contributed by atoms with Crippen molar-refractivity contribution in [3.8, 4) is 22.6 Å². The van der Waals surface area contributed by atoms with Gasteiger partial charge >= 0.3 is 0 Å². The maximum absolute atomic E-state index is 13.5. The number of fused-ring (bicyclic) bond motifs is 2. The van der Waals surface area contributed by atoms with E-state index in [1.165, 1.54) is 0 Å². The molecule has 0 saturated carbocycles. The molecule has 0 spiro atoms. The second kappa shape index (κ2) is 8.74. The van der Waals surface area contributed by atoms with Crippen LogP contribution < -0.4 is 9.47 Å². The van der Waals surface area contributed by atoms with Crippen LogP contribution in [-0.4, -0.2) is 58.8 Å². The SMILES string of the molecule is CN(C)CCn1cc(C(=O)C2COc3ccc(Cl)cc3O2)c2ccc(-c3cn[nH]c3Cl)cc21. The number of nitrogens with one attached hydrogen (secondary N) is 1. The lowest BCUT2D eigenvalue weighted by molar-refractivity contribution is 0.0587. The molecule has 7 nitrogen and oxygen atoms in total. The van der Waals surface area contributed by atoms with Crippen LogP contribution in [0.3, 0.4) is 0 Å². The summed E-state index contributed by atoms with van der Waals surface area (Å²) < 4.78 is 13.8. The predicted molar refractivity (Wildman–Crippen MR) is 129 cm³/mol. The number of hydrogen-bond acceptors (Lipinski definition) is 5. The number of aromatic amines is 1. The van der Waals surface area contributed by atoms with Gasteiger partial charge in [-0.2, -0.15) is 5.10 Å². The van der Waals surface area contributed by atoms with Crippen molar-refractivity contribution in [2.45, 2.75) is 12.6 Å². The molecule has 1 aliphatic heterocycles. The molecule has 170 valence electrons. The molecule has 5 rings (SSSR count). The van der Waals surface area contributed by atoms with Crippen LogP contribution in [0.2, 0.25) is 10.2 Å². The number of nitrogens with zero attached hydrogens (tertiary/aromatic N) is 3. The van der Waals surface area contributed by atoms with E-state index in [4.69, 9.17) is 32.7 Å². The third-order valence-electron chi connectivity index (χ3n) is 5.70. The highest BCUT2D eigenvalue weighted by molar-refractivity contribution is 6.32. The summed E-state index contributed by atoms with van der Waals surface area (Å²) in [5.41, 5.74) is 3.26. The molecular formula is C24H22Cl2N4O3. The smallest absolute Gasteiger partial charge is 0.209 e. The average molecular weight is 485 g/mol. The zero-order valence-corrected chi connectivity index (χ0v) is 19.7. The number of hydrogen-bond donors (Lipinski definition) is 1. The number of Topliss-reactive ketones (excluding diaryl/α,β-unsaturated/α-hetero) is 1. The van der Waals surface area contributed by atoms with Crippen molar-refractivity contribution in [3.63, 3.8) is 0 Å². The molecule has 1 N–H and O–H groups in total. The van der Waals surface area contributed by atoms with Gasteiger partial charge in [0.05, 0.1) is 6.20 Å². The lowest BCUT2D eigenvalue weighted by Crippen LogP contribution is -2.36. The van der Waals surface area contributed by atoms with E-state index < -0.39 is 6.10 Å². The van der Waals surface area contributed by atoms with Gasteiger partial charge in [0, 0.05) is 52.4 Å². The first-order chi connectivity index (χ1) is 15.9. The Bertz CT molecular complexity index is 1340. The van der Waals surface area contributed by atoms with Crippen LogP contribution in [0.1, 0.15) is 10.4 Å². The van der Waals surface area contributed by atoms with Crippen molar-refractivity contribution in [3.05, 3.63) is 64.5 Å². The Morgan fingerprint density at radius 2 is 2.06 bits per heavy atom. The molecule has 9 heteroatoms. The topological polar surface area (TPSA) is 72.4 Å². The Kier molecular flexibility index (Phi) is 5.78. The summed E-state index contributed by atoms with van der Waals surface area (Å²) in [4.78, 5) is 15.6. The van der Waals surface area contributed by atoms with Gasteiger partial charge < -0.3 is 18.9 Å². The third-order valence-corrected chi connectivity index (χ3v) is 6.22. The van der Waals surface area contributed by atoms with Gasteiger partial charge in [0.15, 0.2) is 17.6 Å². The first kappa shape index (κ1) is 21.8. The number of halogens is 2. The number of likely N-dealkylation sites (N-methyl/N-ethyl adjacent to an activating group) is 1. The van der Waals surface area contributed by atoms with E-state index >= 15 is 0 Å². The summed E-state index contributed by atoms with van der Waals surface area (Å²) in [6.07, 6.45) is 2.83. The molecule has 0 radical (unpaired) electrons. The number of carbonyl (C=O) groups is 1. The van der Waals surface area contributed by atoms with Crippen molar-refractivity contribution >= 4 is 39.9 Å². The highest BCUT2D eigenvalue weighted by atomic mass is 35.5. The molecule has 0 fully saturated rings. The van der Waals surface area contributed by atoms with Gasteiger partial charge in [0.2, 0.25) is 5.78 Å². The normalized spacial score (nSPS) is 15.4. The Labute approximate surface area is 200 Å². The van der Waals surface area contributed by atoms with Crippen molar-refractivity contribution in [2.75, 3.05) is 27.2 Å². The third kappa shape index (κ3) is 4.19. The standard InChI is InChI=1S/C24H22Cl2N4O3/c1-29(2)7-8-30-12-18(16-5-3-14(9-19(16)30)17-11-27-28-24(17)26)23(31)22-13-32-20-6-4-15(25)10-21(20)33-22/h3-6,9-12,22H,7-8,13H2,1-2H3,(H,27,28). The van der Waals surface area contributed by atoms with E-state index in [0.717, 1.165) is 35.1 Å². The van der Waals surface area contributed by atoms with Crippen LogP contribution in [0.4, 0.5) is 0 Å². The number of ether oxygens (including phenoxy) is 2. The highest BCUT2D eigenvalue weighted by Gasteiger charge is 2.30. The Morgan fingerprint density at radius 1 is 1.21 bits per heavy atom. The minimum absolute atomic E-state index is 0.136. The first-order valence-corrected chi connectivity index (χ1v) is 11.3. The summed E-state index contributed by atoms with van der Waals surface area (Å²) in [6.45, 7) is 1.68. The summed E-state index contributed by atoms with van der Waals surface area (Å²) >= 11 is 12.3.